The fraction of sp³-hybridized carbons (Fsp3) is 0. The van der Waals surface area contributed by atoms with Crippen LogP contribution in [-0.2, 0) is 9.05 Å². The molecule has 2 aromatic carbocycles. The lowest BCUT2D eigenvalue weighted by atomic mass is 10.1. The van der Waals surface area contributed by atoms with Crippen molar-refractivity contribution in [2.75, 3.05) is 0 Å². The van der Waals surface area contributed by atoms with Crippen molar-refractivity contribution in [3.63, 3.8) is 0 Å². The van der Waals surface area contributed by atoms with E-state index in [1.165, 1.54) is 12.1 Å². The summed E-state index contributed by atoms with van der Waals surface area (Å²) in [6.07, 6.45) is 0. The number of phenolic OH excluding ortho intramolecular Hbond substituents is 1. The van der Waals surface area contributed by atoms with Crippen LogP contribution in [0.5, 0.6) is 5.75 Å². The van der Waals surface area contributed by atoms with Crippen molar-refractivity contribution in [3.05, 3.63) is 36.4 Å². The van der Waals surface area contributed by atoms with Crippen LogP contribution in [0.3, 0.4) is 0 Å². The zero-order valence-electron chi connectivity index (χ0n) is 8.92. The van der Waals surface area contributed by atoms with Crippen molar-refractivity contribution in [3.8, 4) is 5.75 Å². The van der Waals surface area contributed by atoms with Crippen molar-refractivity contribution in [1.82, 2.24) is 0 Å². The van der Waals surface area contributed by atoms with Crippen LogP contribution in [-0.4, -0.2) is 13.5 Å². The third-order valence-electron chi connectivity index (χ3n) is 2.72. The quantitative estimate of drug-likeness (QED) is 0.696. The Morgan fingerprint density at radius 3 is 2.50 bits per heavy atom. The van der Waals surface area contributed by atoms with E-state index in [2.05, 4.69) is 0 Å². The molecule has 6 heteroatoms. The first-order valence-electron chi connectivity index (χ1n) is 5.06. The maximum atomic E-state index is 11.3. The molecule has 0 amide bonds. The van der Waals surface area contributed by atoms with Gasteiger partial charge in [-0.05, 0) is 12.1 Å². The average molecular weight is 283 g/mol. The summed E-state index contributed by atoms with van der Waals surface area (Å²) in [5.41, 5.74) is 0.990. The molecule has 0 fully saturated rings. The molecule has 1 heterocycles. The summed E-state index contributed by atoms with van der Waals surface area (Å²) in [4.78, 5) is -0.351. The number of fused-ring (bicyclic) bond motifs is 3. The third-order valence-corrected chi connectivity index (χ3v) is 4.07. The van der Waals surface area contributed by atoms with Gasteiger partial charge in [0.2, 0.25) is 0 Å². The molecule has 4 nitrogen and oxygen atoms in total. The van der Waals surface area contributed by atoms with E-state index < -0.39 is 9.05 Å². The molecule has 0 bridgehead atoms. The van der Waals surface area contributed by atoms with Crippen molar-refractivity contribution in [2.24, 2.45) is 0 Å². The zero-order chi connectivity index (χ0) is 12.9. The van der Waals surface area contributed by atoms with Gasteiger partial charge < -0.3 is 9.52 Å². The Morgan fingerprint density at radius 2 is 1.78 bits per heavy atom. The minimum Gasteiger partial charge on any atom is -0.507 e. The second-order valence-electron chi connectivity index (χ2n) is 3.85. The highest BCUT2D eigenvalue weighted by molar-refractivity contribution is 8.13. The van der Waals surface area contributed by atoms with Gasteiger partial charge in [-0.3, -0.25) is 0 Å². The van der Waals surface area contributed by atoms with Gasteiger partial charge in [0.05, 0.1) is 0 Å². The Labute approximate surface area is 107 Å². The Balaban J connectivity index is 2.48. The highest BCUT2D eigenvalue weighted by Gasteiger charge is 2.19. The highest BCUT2D eigenvalue weighted by Crippen LogP contribution is 2.36. The summed E-state index contributed by atoms with van der Waals surface area (Å²) >= 11 is 0. The number of furan rings is 1. The van der Waals surface area contributed by atoms with Crippen LogP contribution in [0.25, 0.3) is 21.9 Å². The van der Waals surface area contributed by atoms with Gasteiger partial charge >= 0.3 is 0 Å². The van der Waals surface area contributed by atoms with E-state index in [0.29, 0.717) is 16.6 Å². The number of halogens is 1. The molecule has 0 radical (unpaired) electrons. The lowest BCUT2D eigenvalue weighted by Crippen LogP contribution is -1.90. The largest absolute Gasteiger partial charge is 0.507 e. The number of hydrogen-bond donors (Lipinski definition) is 1. The molecule has 0 atom stereocenters. The molecule has 0 aliphatic heterocycles. The summed E-state index contributed by atoms with van der Waals surface area (Å²) in [5.74, 6) is -0.385. The predicted molar refractivity (Wildman–Crippen MR) is 68.4 cm³/mol. The lowest BCUT2D eigenvalue weighted by Gasteiger charge is -1.99. The van der Waals surface area contributed by atoms with Gasteiger partial charge in [-0.25, -0.2) is 8.42 Å². The van der Waals surface area contributed by atoms with E-state index in [1.54, 1.807) is 6.07 Å². The maximum absolute atomic E-state index is 11.3. The normalized spacial score (nSPS) is 12.3. The lowest BCUT2D eigenvalue weighted by molar-refractivity contribution is 0.460. The van der Waals surface area contributed by atoms with Gasteiger partial charge in [-0.1, -0.05) is 18.2 Å². The van der Waals surface area contributed by atoms with Crippen LogP contribution in [0.15, 0.2) is 45.7 Å². The number of para-hydroxylation sites is 1. The van der Waals surface area contributed by atoms with Crippen molar-refractivity contribution >= 4 is 41.7 Å². The summed E-state index contributed by atoms with van der Waals surface area (Å²) in [6, 6.07) is 9.81. The van der Waals surface area contributed by atoms with Gasteiger partial charge in [0.25, 0.3) is 9.05 Å². The number of rotatable bonds is 1. The Hall–Kier alpha value is -1.72. The zero-order valence-corrected chi connectivity index (χ0v) is 10.5. The summed E-state index contributed by atoms with van der Waals surface area (Å²) < 4.78 is 28.1. The molecule has 92 valence electrons. The van der Waals surface area contributed by atoms with E-state index in [-0.39, 0.29) is 10.6 Å². The fourth-order valence-electron chi connectivity index (χ4n) is 1.94. The molecule has 0 saturated heterocycles. The van der Waals surface area contributed by atoms with Crippen LogP contribution in [0.2, 0.25) is 0 Å². The Bertz CT molecular complexity index is 864. The van der Waals surface area contributed by atoms with E-state index in [1.807, 2.05) is 18.2 Å². The van der Waals surface area contributed by atoms with Crippen molar-refractivity contribution < 1.29 is 17.9 Å². The minimum absolute atomic E-state index is 0.351. The first-order valence-corrected chi connectivity index (χ1v) is 7.37. The Morgan fingerprint density at radius 1 is 1.06 bits per heavy atom. The second kappa shape index (κ2) is 3.63. The van der Waals surface area contributed by atoms with Crippen molar-refractivity contribution in [2.45, 2.75) is 4.90 Å². The summed E-state index contributed by atoms with van der Waals surface area (Å²) in [7, 11) is 1.23. The molecular formula is C12H7ClO4S. The maximum Gasteiger partial charge on any atom is 0.265 e. The molecule has 0 aliphatic carbocycles. The van der Waals surface area contributed by atoms with Gasteiger partial charge in [0, 0.05) is 27.5 Å². The van der Waals surface area contributed by atoms with Crippen molar-refractivity contribution in [1.29, 1.82) is 0 Å². The first kappa shape index (κ1) is 11.4. The fourth-order valence-corrected chi connectivity index (χ4v) is 2.86. The number of hydrogen-bond acceptors (Lipinski definition) is 4. The molecule has 3 rings (SSSR count). The smallest absolute Gasteiger partial charge is 0.265 e. The Kier molecular flexibility index (Phi) is 2.30. The first-order chi connectivity index (χ1) is 8.47. The molecule has 18 heavy (non-hydrogen) atoms. The van der Waals surface area contributed by atoms with Crippen LogP contribution in [0.1, 0.15) is 0 Å². The second-order valence-corrected chi connectivity index (χ2v) is 6.39. The van der Waals surface area contributed by atoms with Crippen LogP contribution < -0.4 is 0 Å². The van der Waals surface area contributed by atoms with Gasteiger partial charge in [0.1, 0.15) is 21.8 Å². The van der Waals surface area contributed by atoms with Gasteiger partial charge in [-0.15, -0.1) is 0 Å². The van der Waals surface area contributed by atoms with E-state index in [0.717, 1.165) is 5.39 Å². The molecule has 0 saturated carbocycles. The van der Waals surface area contributed by atoms with Crippen LogP contribution >= 0.6 is 10.7 Å². The molecule has 1 N–H and O–H groups in total. The van der Waals surface area contributed by atoms with Gasteiger partial charge in [-0.2, -0.15) is 0 Å². The number of phenols is 1. The minimum atomic E-state index is -4.00. The molecule has 0 aliphatic rings. The molecule has 0 spiro atoms. The molecule has 0 unspecified atom stereocenters. The number of benzene rings is 2. The topological polar surface area (TPSA) is 67.5 Å². The van der Waals surface area contributed by atoms with E-state index in [4.69, 9.17) is 15.1 Å². The average Bonchev–Trinajstić information content (AvgIpc) is 2.65. The molecule has 3 aromatic rings. The number of aromatic hydroxyl groups is 1. The standard InChI is InChI=1S/C12H7ClO4S/c13-18(15,16)12-6-11-8(5-9(12)14)7-3-1-2-4-10(7)17-11/h1-6,14H. The SMILES string of the molecule is O=S(=O)(Cl)c1cc2oc3ccccc3c2cc1O. The monoisotopic (exact) mass is 282 g/mol. The van der Waals surface area contributed by atoms with E-state index in [9.17, 15) is 13.5 Å². The summed E-state index contributed by atoms with van der Waals surface area (Å²) in [6.45, 7) is 0. The third kappa shape index (κ3) is 1.63. The van der Waals surface area contributed by atoms with Crippen LogP contribution in [0.4, 0.5) is 0 Å². The highest BCUT2D eigenvalue weighted by atomic mass is 35.7. The molecular weight excluding hydrogens is 276 g/mol. The molecule has 1 aromatic heterocycles. The predicted octanol–water partition coefficient (Wildman–Crippen LogP) is 3.22. The van der Waals surface area contributed by atoms with E-state index >= 15 is 0 Å². The van der Waals surface area contributed by atoms with Crippen LogP contribution in [0, 0.1) is 0 Å². The van der Waals surface area contributed by atoms with Gasteiger partial charge in [0.15, 0.2) is 0 Å². The summed E-state index contributed by atoms with van der Waals surface area (Å²) in [5, 5.41) is 11.2.